The Kier molecular flexibility index (Phi) is 5.32. The van der Waals surface area contributed by atoms with Gasteiger partial charge in [0, 0.05) is 6.26 Å². The van der Waals surface area contributed by atoms with Crippen molar-refractivity contribution in [3.05, 3.63) is 24.3 Å². The van der Waals surface area contributed by atoms with E-state index in [-0.39, 0.29) is 18.2 Å². The zero-order chi connectivity index (χ0) is 15.2. The molecule has 0 heterocycles. The van der Waals surface area contributed by atoms with Gasteiger partial charge in [0.15, 0.2) is 15.7 Å². The van der Waals surface area contributed by atoms with Gasteiger partial charge in [0.2, 0.25) is 5.91 Å². The number of carbonyl (C=O) groups is 1. The second-order valence-electron chi connectivity index (χ2n) is 3.99. The van der Waals surface area contributed by atoms with Crippen molar-refractivity contribution in [2.24, 2.45) is 10.9 Å². The Bertz CT molecular complexity index is 612. The van der Waals surface area contributed by atoms with Crippen LogP contribution in [0.4, 0.5) is 5.69 Å². The van der Waals surface area contributed by atoms with E-state index in [1.807, 2.05) is 0 Å². The molecule has 1 rings (SSSR count). The van der Waals surface area contributed by atoms with E-state index in [4.69, 9.17) is 15.7 Å². The van der Waals surface area contributed by atoms with Crippen molar-refractivity contribution in [2.45, 2.75) is 0 Å². The van der Waals surface area contributed by atoms with E-state index in [1.165, 1.54) is 0 Å². The van der Waals surface area contributed by atoms with Crippen molar-refractivity contribution >= 4 is 27.3 Å². The van der Waals surface area contributed by atoms with Crippen LogP contribution in [0.5, 0.6) is 5.75 Å². The summed E-state index contributed by atoms with van der Waals surface area (Å²) in [7, 11) is -3.41. The molecule has 9 heteroatoms. The van der Waals surface area contributed by atoms with Crippen molar-refractivity contribution in [3.8, 4) is 5.75 Å². The van der Waals surface area contributed by atoms with Crippen molar-refractivity contribution in [1.29, 1.82) is 0 Å². The summed E-state index contributed by atoms with van der Waals surface area (Å²) >= 11 is 0. The first-order valence-electron chi connectivity index (χ1n) is 5.47. The molecule has 0 saturated heterocycles. The molecule has 0 radical (unpaired) electrons. The molecule has 20 heavy (non-hydrogen) atoms. The number of anilines is 1. The molecule has 0 aliphatic rings. The molecule has 1 amide bonds. The van der Waals surface area contributed by atoms with Gasteiger partial charge in [0.25, 0.3) is 0 Å². The monoisotopic (exact) mass is 301 g/mol. The van der Waals surface area contributed by atoms with Crippen LogP contribution >= 0.6 is 0 Å². The second kappa shape index (κ2) is 6.75. The zero-order valence-corrected chi connectivity index (χ0v) is 11.6. The molecular weight excluding hydrogens is 286 g/mol. The van der Waals surface area contributed by atoms with Crippen LogP contribution in [0.2, 0.25) is 0 Å². The maximum Gasteiger partial charge on any atom is 0.239 e. The molecule has 0 unspecified atom stereocenters. The number of hydrogen-bond acceptors (Lipinski definition) is 6. The van der Waals surface area contributed by atoms with Crippen LogP contribution in [-0.2, 0) is 14.6 Å². The van der Waals surface area contributed by atoms with Gasteiger partial charge in [0.1, 0.15) is 18.1 Å². The van der Waals surface area contributed by atoms with E-state index >= 15 is 0 Å². The average molecular weight is 301 g/mol. The molecule has 0 bridgehead atoms. The predicted molar refractivity (Wildman–Crippen MR) is 73.7 cm³/mol. The minimum atomic E-state index is -3.41. The number of amidine groups is 1. The average Bonchev–Trinajstić information content (AvgIpc) is 2.35. The number of hydrogen-bond donors (Lipinski definition) is 3. The first kappa shape index (κ1) is 15.8. The molecule has 0 spiro atoms. The molecule has 4 N–H and O–H groups in total. The van der Waals surface area contributed by atoms with Crippen molar-refractivity contribution < 1.29 is 23.2 Å². The van der Waals surface area contributed by atoms with Crippen LogP contribution in [0.1, 0.15) is 0 Å². The van der Waals surface area contributed by atoms with E-state index < -0.39 is 21.5 Å². The Morgan fingerprint density at radius 3 is 2.70 bits per heavy atom. The Balaban J connectivity index is 2.77. The topological polar surface area (TPSA) is 131 Å². The second-order valence-corrected chi connectivity index (χ2v) is 6.13. The third-order valence-electron chi connectivity index (χ3n) is 2.06. The van der Waals surface area contributed by atoms with Gasteiger partial charge in [-0.1, -0.05) is 17.3 Å². The molecule has 110 valence electrons. The van der Waals surface area contributed by atoms with Gasteiger partial charge in [-0.2, -0.15) is 0 Å². The summed E-state index contributed by atoms with van der Waals surface area (Å²) in [5, 5.41) is 13.6. The van der Waals surface area contributed by atoms with Crippen LogP contribution < -0.4 is 15.8 Å². The summed E-state index contributed by atoms with van der Waals surface area (Å²) in [5.74, 6) is -1.16. The van der Waals surface area contributed by atoms with Crippen molar-refractivity contribution in [2.75, 3.05) is 23.9 Å². The smallest absolute Gasteiger partial charge is 0.239 e. The van der Waals surface area contributed by atoms with Gasteiger partial charge in [-0.3, -0.25) is 4.79 Å². The van der Waals surface area contributed by atoms with Crippen LogP contribution in [0.25, 0.3) is 0 Å². The summed E-state index contributed by atoms with van der Waals surface area (Å²) in [6.07, 6.45) is 0.966. The van der Waals surface area contributed by atoms with Crippen LogP contribution in [0, 0.1) is 0 Å². The molecule has 0 aliphatic carbocycles. The summed E-state index contributed by atoms with van der Waals surface area (Å²) in [4.78, 5) is 11.5. The number of benzene rings is 1. The highest BCUT2D eigenvalue weighted by Crippen LogP contribution is 2.23. The quantitative estimate of drug-likeness (QED) is 0.288. The standard InChI is InChI=1S/C11H15N3O5S/c1-20(17,18)7-11(15)13-8-4-2-3-5-9(8)19-6-10(12)14-16/h2-5,16H,6-7H2,1H3,(H2,12,14)(H,13,15). The molecular formula is C11H15N3O5S. The molecule has 0 aliphatic heterocycles. The van der Waals surface area contributed by atoms with Crippen molar-refractivity contribution in [3.63, 3.8) is 0 Å². The fraction of sp³-hybridized carbons (Fsp3) is 0.273. The molecule has 0 fully saturated rings. The highest BCUT2D eigenvalue weighted by atomic mass is 32.2. The number of amides is 1. The third kappa shape index (κ3) is 5.57. The SMILES string of the molecule is CS(=O)(=O)CC(=O)Nc1ccccc1OCC(N)=NO. The number of para-hydroxylation sites is 2. The number of rotatable bonds is 6. The number of nitrogens with two attached hydrogens (primary N) is 1. The minimum absolute atomic E-state index is 0.137. The number of oxime groups is 1. The zero-order valence-electron chi connectivity index (χ0n) is 10.7. The number of sulfone groups is 1. The summed E-state index contributed by atoms with van der Waals surface area (Å²) in [6, 6.07) is 6.41. The molecule has 0 saturated carbocycles. The first-order valence-corrected chi connectivity index (χ1v) is 7.53. The van der Waals surface area contributed by atoms with Gasteiger partial charge in [0.05, 0.1) is 5.69 Å². The Morgan fingerprint density at radius 2 is 2.10 bits per heavy atom. The normalized spacial score (nSPS) is 11.9. The Labute approximate surface area is 116 Å². The highest BCUT2D eigenvalue weighted by Gasteiger charge is 2.13. The molecule has 1 aromatic carbocycles. The third-order valence-corrected chi connectivity index (χ3v) is 2.84. The lowest BCUT2D eigenvalue weighted by atomic mass is 10.3. The van der Waals surface area contributed by atoms with Gasteiger partial charge in [-0.25, -0.2) is 8.42 Å². The fourth-order valence-electron chi connectivity index (χ4n) is 1.30. The number of carbonyl (C=O) groups excluding carboxylic acids is 1. The largest absolute Gasteiger partial charge is 0.483 e. The highest BCUT2D eigenvalue weighted by molar-refractivity contribution is 7.91. The summed E-state index contributed by atoms with van der Waals surface area (Å²) < 4.78 is 27.3. The minimum Gasteiger partial charge on any atom is -0.483 e. The van der Waals surface area contributed by atoms with Crippen molar-refractivity contribution in [1.82, 2.24) is 0 Å². The fourth-order valence-corrected chi connectivity index (χ4v) is 1.85. The maximum absolute atomic E-state index is 11.5. The molecule has 8 nitrogen and oxygen atoms in total. The van der Waals surface area contributed by atoms with E-state index in [1.54, 1.807) is 24.3 Å². The van der Waals surface area contributed by atoms with E-state index in [9.17, 15) is 13.2 Å². The van der Waals surface area contributed by atoms with Gasteiger partial charge in [-0.05, 0) is 12.1 Å². The number of nitrogens with one attached hydrogen (secondary N) is 1. The lowest BCUT2D eigenvalue weighted by Gasteiger charge is -2.11. The lowest BCUT2D eigenvalue weighted by Crippen LogP contribution is -2.23. The summed E-state index contributed by atoms with van der Waals surface area (Å²) in [5.41, 5.74) is 5.56. The van der Waals surface area contributed by atoms with E-state index in [0.717, 1.165) is 6.26 Å². The van der Waals surface area contributed by atoms with Crippen LogP contribution in [-0.4, -0.2) is 44.0 Å². The molecule has 0 atom stereocenters. The lowest BCUT2D eigenvalue weighted by molar-refractivity contribution is -0.113. The Morgan fingerprint density at radius 1 is 1.45 bits per heavy atom. The Hall–Kier alpha value is -2.29. The van der Waals surface area contributed by atoms with Gasteiger partial charge < -0.3 is 21.0 Å². The summed E-state index contributed by atoms with van der Waals surface area (Å²) in [6.45, 7) is -0.171. The maximum atomic E-state index is 11.5. The van der Waals surface area contributed by atoms with E-state index in [2.05, 4.69) is 10.5 Å². The molecule has 0 aromatic heterocycles. The number of ether oxygens (including phenoxy) is 1. The predicted octanol–water partition coefficient (Wildman–Crippen LogP) is -0.205. The van der Waals surface area contributed by atoms with Gasteiger partial charge in [-0.15, -0.1) is 0 Å². The van der Waals surface area contributed by atoms with Crippen LogP contribution in [0.15, 0.2) is 29.4 Å². The first-order chi connectivity index (χ1) is 9.31. The van der Waals surface area contributed by atoms with E-state index in [0.29, 0.717) is 5.69 Å². The van der Waals surface area contributed by atoms with Crippen LogP contribution in [0.3, 0.4) is 0 Å². The number of nitrogens with zero attached hydrogens (tertiary/aromatic N) is 1. The van der Waals surface area contributed by atoms with Gasteiger partial charge >= 0.3 is 0 Å². The molecule has 1 aromatic rings.